The van der Waals surface area contributed by atoms with Crippen LogP contribution in [0.15, 0.2) is 88.5 Å². The zero-order valence-corrected chi connectivity index (χ0v) is 18.5. The smallest absolute Gasteiger partial charge is 0.309 e. The summed E-state index contributed by atoms with van der Waals surface area (Å²) in [6.07, 6.45) is 3.78. The van der Waals surface area contributed by atoms with E-state index in [-0.39, 0.29) is 23.7 Å². The van der Waals surface area contributed by atoms with Gasteiger partial charge in [0.05, 0.1) is 11.2 Å². The minimum absolute atomic E-state index is 0.101. The maximum Gasteiger partial charge on any atom is 0.309 e. The molecule has 0 radical (unpaired) electrons. The lowest BCUT2D eigenvalue weighted by Gasteiger charge is -2.16. The van der Waals surface area contributed by atoms with E-state index in [4.69, 9.17) is 4.42 Å². The fraction of sp³-hybridized carbons (Fsp3) is 0.167. The van der Waals surface area contributed by atoms with Gasteiger partial charge in [-0.1, -0.05) is 36.4 Å². The van der Waals surface area contributed by atoms with Crippen LogP contribution in [0, 0.1) is 0 Å². The number of nitrogens with one attached hydrogen (secondary N) is 3. The highest BCUT2D eigenvalue weighted by Gasteiger charge is 2.32. The highest BCUT2D eigenvalue weighted by atomic mass is 32.2. The first-order chi connectivity index (χ1) is 16.0. The second kappa shape index (κ2) is 9.74. The summed E-state index contributed by atoms with van der Waals surface area (Å²) in [5, 5.41) is 4.89. The molecule has 0 fully saturated rings. The minimum Gasteiger partial charge on any atom is -0.468 e. The number of amides is 2. The Bertz CT molecular complexity index is 1350. The summed E-state index contributed by atoms with van der Waals surface area (Å²) in [5.74, 6) is -1.56. The molecule has 0 saturated carbocycles. The van der Waals surface area contributed by atoms with Crippen LogP contribution >= 0.6 is 0 Å². The van der Waals surface area contributed by atoms with Gasteiger partial charge in [-0.3, -0.25) is 9.59 Å². The van der Waals surface area contributed by atoms with Gasteiger partial charge in [-0.05, 0) is 42.3 Å². The van der Waals surface area contributed by atoms with Crippen LogP contribution in [-0.2, 0) is 25.8 Å². The van der Waals surface area contributed by atoms with E-state index >= 15 is 0 Å². The first-order valence-corrected chi connectivity index (χ1v) is 11.9. The molecule has 3 N–H and O–H groups in total. The van der Waals surface area contributed by atoms with Crippen LogP contribution < -0.4 is 10.6 Å². The van der Waals surface area contributed by atoms with Crippen LogP contribution in [0.5, 0.6) is 0 Å². The highest BCUT2D eigenvalue weighted by Crippen LogP contribution is 2.28. The maximum atomic E-state index is 13.1. The van der Waals surface area contributed by atoms with Crippen molar-refractivity contribution >= 4 is 32.6 Å². The molecule has 0 aliphatic carbocycles. The number of aromatic amines is 1. The van der Waals surface area contributed by atoms with Crippen molar-refractivity contribution in [2.75, 3.05) is 13.1 Å². The summed E-state index contributed by atoms with van der Waals surface area (Å²) in [4.78, 5) is 27.8. The summed E-state index contributed by atoms with van der Waals surface area (Å²) in [7, 11) is -3.86. The molecule has 0 aliphatic heterocycles. The summed E-state index contributed by atoms with van der Waals surface area (Å²) in [5.41, 5.74) is 2.03. The molecular weight excluding hydrogens is 442 g/mol. The highest BCUT2D eigenvalue weighted by molar-refractivity contribution is 7.91. The predicted molar refractivity (Wildman–Crippen MR) is 123 cm³/mol. The van der Waals surface area contributed by atoms with Crippen LogP contribution in [0.4, 0.5) is 0 Å². The first-order valence-electron chi connectivity index (χ1n) is 10.4. The Morgan fingerprint density at radius 2 is 1.64 bits per heavy atom. The third-order valence-electron chi connectivity index (χ3n) is 5.32. The van der Waals surface area contributed by atoms with E-state index in [0.717, 1.165) is 16.5 Å². The van der Waals surface area contributed by atoms with Crippen molar-refractivity contribution in [3.63, 3.8) is 0 Å². The number of hydrogen-bond acceptors (Lipinski definition) is 5. The molecular formula is C24H23N3O5S. The Hall–Kier alpha value is -3.85. The molecule has 9 heteroatoms. The van der Waals surface area contributed by atoms with Gasteiger partial charge in [-0.25, -0.2) is 8.42 Å². The monoisotopic (exact) mass is 465 g/mol. The molecule has 0 saturated heterocycles. The molecule has 2 aromatic carbocycles. The fourth-order valence-corrected chi connectivity index (χ4v) is 5.21. The lowest BCUT2D eigenvalue weighted by molar-refractivity contribution is -0.139. The van der Waals surface area contributed by atoms with E-state index in [2.05, 4.69) is 15.6 Å². The fourth-order valence-electron chi connectivity index (χ4n) is 3.61. The molecule has 4 rings (SSSR count). The molecule has 0 bridgehead atoms. The van der Waals surface area contributed by atoms with Gasteiger partial charge in [-0.2, -0.15) is 0 Å². The van der Waals surface area contributed by atoms with Crippen LogP contribution in [0.3, 0.4) is 0 Å². The molecule has 8 nitrogen and oxygen atoms in total. The lowest BCUT2D eigenvalue weighted by atomic mass is 10.1. The lowest BCUT2D eigenvalue weighted by Crippen LogP contribution is -2.42. The zero-order chi connectivity index (χ0) is 23.3. The molecule has 0 aliphatic rings. The number of H-pyrrole nitrogens is 1. The molecule has 2 aromatic heterocycles. The maximum absolute atomic E-state index is 13.1. The molecule has 33 heavy (non-hydrogen) atoms. The van der Waals surface area contributed by atoms with Crippen LogP contribution in [-0.4, -0.2) is 38.3 Å². The van der Waals surface area contributed by atoms with Gasteiger partial charge >= 0.3 is 11.8 Å². The van der Waals surface area contributed by atoms with E-state index in [9.17, 15) is 18.0 Å². The third-order valence-corrected chi connectivity index (χ3v) is 7.39. The largest absolute Gasteiger partial charge is 0.468 e. The molecule has 2 amide bonds. The Morgan fingerprint density at radius 3 is 2.39 bits per heavy atom. The van der Waals surface area contributed by atoms with E-state index < -0.39 is 26.9 Å². The van der Waals surface area contributed by atoms with Crippen molar-refractivity contribution in [2.24, 2.45) is 0 Å². The van der Waals surface area contributed by atoms with Gasteiger partial charge in [0.25, 0.3) is 0 Å². The van der Waals surface area contributed by atoms with Crippen molar-refractivity contribution in [1.82, 2.24) is 15.6 Å². The average Bonchev–Trinajstić information content (AvgIpc) is 3.50. The predicted octanol–water partition coefficient (Wildman–Crippen LogP) is 2.75. The number of carbonyl (C=O) groups excluding carboxylic acids is 2. The Kier molecular flexibility index (Phi) is 6.60. The van der Waals surface area contributed by atoms with Gasteiger partial charge in [0.1, 0.15) is 11.0 Å². The minimum atomic E-state index is -3.86. The van der Waals surface area contributed by atoms with Crippen molar-refractivity contribution in [2.45, 2.75) is 16.6 Å². The normalized spacial score (nSPS) is 12.4. The number of benzene rings is 2. The Labute approximate surface area is 190 Å². The Morgan fingerprint density at radius 1 is 0.909 bits per heavy atom. The van der Waals surface area contributed by atoms with E-state index in [0.29, 0.717) is 6.42 Å². The summed E-state index contributed by atoms with van der Waals surface area (Å²) >= 11 is 0. The number of carbonyl (C=O) groups is 2. The van der Waals surface area contributed by atoms with Crippen molar-refractivity contribution in [3.8, 4) is 0 Å². The van der Waals surface area contributed by atoms with Crippen molar-refractivity contribution < 1.29 is 22.4 Å². The third kappa shape index (κ3) is 4.98. The number of hydrogen-bond donors (Lipinski definition) is 3. The van der Waals surface area contributed by atoms with E-state index in [1.54, 1.807) is 24.3 Å². The van der Waals surface area contributed by atoms with Gasteiger partial charge in [0.15, 0.2) is 9.84 Å². The quantitative estimate of drug-likeness (QED) is 0.346. The molecule has 170 valence electrons. The number of sulfone groups is 1. The second-order valence-corrected chi connectivity index (χ2v) is 9.57. The summed E-state index contributed by atoms with van der Waals surface area (Å²) in [6, 6.07) is 18.8. The SMILES string of the molecule is O=C(NCCc1c[nH]c2ccccc12)C(=O)NC[C@@H](c1ccco1)S(=O)(=O)c1ccccc1. The van der Waals surface area contributed by atoms with Gasteiger partial charge in [0, 0.05) is 30.2 Å². The standard InChI is InChI=1S/C24H23N3O5S/c28-23(25-13-12-17-15-26-20-10-5-4-9-19(17)20)24(29)27-16-22(21-11-6-14-32-21)33(30,31)18-7-2-1-3-8-18/h1-11,14-15,22,26H,12-13,16H2,(H,25,28)(H,27,29)/t22-/m0/s1. The van der Waals surface area contributed by atoms with Gasteiger partial charge in [-0.15, -0.1) is 0 Å². The summed E-state index contributed by atoms with van der Waals surface area (Å²) < 4.78 is 31.5. The molecule has 1 atom stereocenters. The van der Waals surface area contributed by atoms with Crippen LogP contribution in [0.1, 0.15) is 16.6 Å². The van der Waals surface area contributed by atoms with E-state index in [1.165, 1.54) is 24.5 Å². The molecule has 2 heterocycles. The number of para-hydroxylation sites is 1. The number of fused-ring (bicyclic) bond motifs is 1. The van der Waals surface area contributed by atoms with Gasteiger partial charge < -0.3 is 20.0 Å². The summed E-state index contributed by atoms with van der Waals surface area (Å²) in [6.45, 7) is -0.0442. The molecule has 4 aromatic rings. The Balaban J connectivity index is 1.36. The van der Waals surface area contributed by atoms with Crippen LogP contribution in [0.2, 0.25) is 0 Å². The second-order valence-electron chi connectivity index (χ2n) is 7.44. The molecule has 0 spiro atoms. The van der Waals surface area contributed by atoms with Gasteiger partial charge in [0.2, 0.25) is 0 Å². The topological polar surface area (TPSA) is 121 Å². The van der Waals surface area contributed by atoms with Crippen molar-refractivity contribution in [1.29, 1.82) is 0 Å². The number of rotatable bonds is 8. The zero-order valence-electron chi connectivity index (χ0n) is 17.7. The van der Waals surface area contributed by atoms with Crippen LogP contribution in [0.25, 0.3) is 10.9 Å². The van der Waals surface area contributed by atoms with Crippen molar-refractivity contribution in [3.05, 3.63) is 90.5 Å². The average molecular weight is 466 g/mol. The molecule has 0 unspecified atom stereocenters. The number of aromatic nitrogens is 1. The number of furan rings is 1. The van der Waals surface area contributed by atoms with E-state index in [1.807, 2.05) is 30.5 Å². The first kappa shape index (κ1) is 22.3.